The maximum absolute atomic E-state index is 12.1. The van der Waals surface area contributed by atoms with Crippen LogP contribution in [0.15, 0.2) is 18.2 Å². The minimum atomic E-state index is -0.463. The Balaban J connectivity index is 2.11. The van der Waals surface area contributed by atoms with Crippen LogP contribution in [0.1, 0.15) is 12.5 Å². The van der Waals surface area contributed by atoms with Gasteiger partial charge in [-0.3, -0.25) is 14.9 Å². The van der Waals surface area contributed by atoms with E-state index in [1.54, 1.807) is 19.1 Å². The van der Waals surface area contributed by atoms with Crippen molar-refractivity contribution in [1.82, 2.24) is 5.32 Å². The van der Waals surface area contributed by atoms with E-state index in [1.165, 1.54) is 6.07 Å². The fraction of sp³-hybridized carbons (Fsp3) is 0.462. The fourth-order valence-corrected chi connectivity index (χ4v) is 2.13. The maximum Gasteiger partial charge on any atom is 0.274 e. The monoisotopic (exact) mass is 279 g/mol. The largest absolute Gasteiger partial charge is 0.375 e. The summed E-state index contributed by atoms with van der Waals surface area (Å²) in [5, 5.41) is 16.6. The molecule has 1 fully saturated rings. The molecule has 0 saturated carbocycles. The second-order valence-corrected chi connectivity index (χ2v) is 4.76. The zero-order chi connectivity index (χ0) is 14.7. The van der Waals surface area contributed by atoms with Gasteiger partial charge in [0.2, 0.25) is 5.91 Å². The highest BCUT2D eigenvalue weighted by Crippen LogP contribution is 2.22. The van der Waals surface area contributed by atoms with Gasteiger partial charge < -0.3 is 15.4 Å². The number of aryl methyl sites for hydroxylation is 1. The molecule has 1 saturated heterocycles. The molecule has 1 aliphatic rings. The van der Waals surface area contributed by atoms with Crippen LogP contribution in [0.2, 0.25) is 0 Å². The van der Waals surface area contributed by atoms with Crippen molar-refractivity contribution in [2.45, 2.75) is 26.0 Å². The van der Waals surface area contributed by atoms with Crippen LogP contribution < -0.4 is 10.6 Å². The number of nitrogens with one attached hydrogen (secondary N) is 2. The predicted molar refractivity (Wildman–Crippen MR) is 73.7 cm³/mol. The number of morpholine rings is 1. The summed E-state index contributed by atoms with van der Waals surface area (Å²) in [4.78, 5) is 22.5. The van der Waals surface area contributed by atoms with E-state index in [0.29, 0.717) is 24.4 Å². The number of nitro groups is 1. The van der Waals surface area contributed by atoms with E-state index >= 15 is 0 Å². The molecule has 7 heteroatoms. The van der Waals surface area contributed by atoms with Crippen molar-refractivity contribution in [3.63, 3.8) is 0 Å². The molecule has 0 spiro atoms. The quantitative estimate of drug-likeness (QED) is 0.641. The van der Waals surface area contributed by atoms with Gasteiger partial charge in [0.1, 0.15) is 6.04 Å². The molecule has 1 aliphatic heterocycles. The van der Waals surface area contributed by atoms with Crippen LogP contribution in [0.25, 0.3) is 0 Å². The molecule has 1 aromatic rings. The molecule has 108 valence electrons. The molecular weight excluding hydrogens is 262 g/mol. The van der Waals surface area contributed by atoms with Gasteiger partial charge in [0, 0.05) is 23.9 Å². The summed E-state index contributed by atoms with van der Waals surface area (Å²) >= 11 is 0. The van der Waals surface area contributed by atoms with Gasteiger partial charge in [-0.25, -0.2) is 0 Å². The number of amides is 1. The van der Waals surface area contributed by atoms with Gasteiger partial charge in [-0.2, -0.15) is 0 Å². The summed E-state index contributed by atoms with van der Waals surface area (Å²) in [6.07, 6.45) is -0.232. The van der Waals surface area contributed by atoms with Crippen LogP contribution in [0.5, 0.6) is 0 Å². The van der Waals surface area contributed by atoms with Gasteiger partial charge in [0.15, 0.2) is 0 Å². The normalized spacial score (nSPS) is 22.3. The average molecular weight is 279 g/mol. The zero-order valence-electron chi connectivity index (χ0n) is 11.4. The summed E-state index contributed by atoms with van der Waals surface area (Å²) in [7, 11) is 0. The summed E-state index contributed by atoms with van der Waals surface area (Å²) in [6.45, 7) is 4.65. The first-order chi connectivity index (χ1) is 9.49. The number of hydrogen-bond donors (Lipinski definition) is 2. The molecule has 2 rings (SSSR count). The first-order valence-electron chi connectivity index (χ1n) is 6.40. The Bertz CT molecular complexity index is 532. The van der Waals surface area contributed by atoms with E-state index in [4.69, 9.17) is 4.74 Å². The lowest BCUT2D eigenvalue weighted by Crippen LogP contribution is -2.53. The van der Waals surface area contributed by atoms with Crippen LogP contribution in [0.3, 0.4) is 0 Å². The molecule has 2 atom stereocenters. The Kier molecular flexibility index (Phi) is 4.31. The van der Waals surface area contributed by atoms with E-state index in [-0.39, 0.29) is 17.7 Å². The average Bonchev–Trinajstić information content (AvgIpc) is 2.41. The van der Waals surface area contributed by atoms with Crippen molar-refractivity contribution in [2.24, 2.45) is 0 Å². The minimum absolute atomic E-state index is 0.0105. The molecule has 0 radical (unpaired) electrons. The predicted octanol–water partition coefficient (Wildman–Crippen LogP) is 1.22. The number of ether oxygens (including phenoxy) is 1. The second-order valence-electron chi connectivity index (χ2n) is 4.76. The molecular formula is C13H17N3O4. The smallest absolute Gasteiger partial charge is 0.274 e. The molecule has 1 amide bonds. The molecule has 7 nitrogen and oxygen atoms in total. The van der Waals surface area contributed by atoms with E-state index in [9.17, 15) is 14.9 Å². The van der Waals surface area contributed by atoms with Crippen molar-refractivity contribution >= 4 is 17.3 Å². The minimum Gasteiger partial charge on any atom is -0.375 e. The van der Waals surface area contributed by atoms with E-state index in [0.717, 1.165) is 0 Å². The van der Waals surface area contributed by atoms with Crippen molar-refractivity contribution in [2.75, 3.05) is 18.5 Å². The van der Waals surface area contributed by atoms with E-state index in [1.807, 2.05) is 6.92 Å². The summed E-state index contributed by atoms with van der Waals surface area (Å²) in [5.41, 5.74) is 0.955. The Morgan fingerprint density at radius 3 is 2.95 bits per heavy atom. The van der Waals surface area contributed by atoms with Gasteiger partial charge in [0.25, 0.3) is 5.69 Å². The number of nitro benzene ring substituents is 1. The Hall–Kier alpha value is -1.99. The third kappa shape index (κ3) is 3.12. The van der Waals surface area contributed by atoms with Gasteiger partial charge in [-0.15, -0.1) is 0 Å². The highest BCUT2D eigenvalue weighted by Gasteiger charge is 2.28. The number of anilines is 1. The number of carbonyl (C=O) groups is 1. The van der Waals surface area contributed by atoms with Crippen molar-refractivity contribution in [3.8, 4) is 0 Å². The lowest BCUT2D eigenvalue weighted by atomic mass is 10.1. The second kappa shape index (κ2) is 5.98. The molecule has 1 heterocycles. The highest BCUT2D eigenvalue weighted by atomic mass is 16.6. The van der Waals surface area contributed by atoms with Crippen molar-refractivity contribution in [3.05, 3.63) is 33.9 Å². The van der Waals surface area contributed by atoms with Crippen LogP contribution in [-0.4, -0.2) is 36.1 Å². The number of carbonyl (C=O) groups excluding carboxylic acids is 1. The third-order valence-corrected chi connectivity index (χ3v) is 3.27. The standard InChI is InChI=1S/C13H17N3O4/c1-8-3-4-10(7-11(8)16(18)19)15-13(17)12-9(2)20-6-5-14-12/h3-4,7,9,12,14H,5-6H2,1-2H3,(H,15,17)/t9-,12+/m1/s1. The van der Waals surface area contributed by atoms with Crippen LogP contribution >= 0.6 is 0 Å². The molecule has 1 aromatic carbocycles. The Morgan fingerprint density at radius 1 is 1.55 bits per heavy atom. The number of benzene rings is 1. The Morgan fingerprint density at radius 2 is 2.30 bits per heavy atom. The number of rotatable bonds is 3. The van der Waals surface area contributed by atoms with Gasteiger partial charge >= 0.3 is 0 Å². The summed E-state index contributed by atoms with van der Waals surface area (Å²) in [6, 6.07) is 4.17. The number of nitrogens with zero attached hydrogens (tertiary/aromatic N) is 1. The number of hydrogen-bond acceptors (Lipinski definition) is 5. The van der Waals surface area contributed by atoms with Crippen molar-refractivity contribution < 1.29 is 14.5 Å². The van der Waals surface area contributed by atoms with Crippen LogP contribution in [0, 0.1) is 17.0 Å². The molecule has 0 aromatic heterocycles. The topological polar surface area (TPSA) is 93.5 Å². The van der Waals surface area contributed by atoms with Crippen molar-refractivity contribution in [1.29, 1.82) is 0 Å². The Labute approximate surface area is 116 Å². The van der Waals surface area contributed by atoms with Gasteiger partial charge in [-0.05, 0) is 19.9 Å². The maximum atomic E-state index is 12.1. The lowest BCUT2D eigenvalue weighted by Gasteiger charge is -2.29. The molecule has 2 N–H and O–H groups in total. The molecule has 0 aliphatic carbocycles. The first kappa shape index (κ1) is 14.4. The zero-order valence-corrected chi connectivity index (χ0v) is 11.4. The SMILES string of the molecule is Cc1ccc(NC(=O)[C@H]2NCCO[C@@H]2C)cc1[N+](=O)[O-]. The summed E-state index contributed by atoms with van der Waals surface area (Å²) in [5.74, 6) is -0.254. The van der Waals surface area contributed by atoms with Gasteiger partial charge in [-0.1, -0.05) is 6.07 Å². The third-order valence-electron chi connectivity index (χ3n) is 3.27. The first-order valence-corrected chi connectivity index (χ1v) is 6.40. The van der Waals surface area contributed by atoms with Gasteiger partial charge in [0.05, 0.1) is 17.6 Å². The highest BCUT2D eigenvalue weighted by molar-refractivity contribution is 5.95. The molecule has 0 unspecified atom stereocenters. The fourth-order valence-electron chi connectivity index (χ4n) is 2.13. The van der Waals surface area contributed by atoms with E-state index < -0.39 is 11.0 Å². The lowest BCUT2D eigenvalue weighted by molar-refractivity contribution is -0.385. The molecule has 0 bridgehead atoms. The van der Waals surface area contributed by atoms with E-state index in [2.05, 4.69) is 10.6 Å². The summed E-state index contributed by atoms with van der Waals surface area (Å²) < 4.78 is 5.40. The van der Waals surface area contributed by atoms with Crippen LogP contribution in [-0.2, 0) is 9.53 Å². The van der Waals surface area contributed by atoms with Crippen LogP contribution in [0.4, 0.5) is 11.4 Å². The molecule has 20 heavy (non-hydrogen) atoms.